The van der Waals surface area contributed by atoms with Crippen molar-refractivity contribution >= 4 is 58.0 Å². The van der Waals surface area contributed by atoms with Gasteiger partial charge >= 0.3 is 0 Å². The van der Waals surface area contributed by atoms with E-state index in [-0.39, 0.29) is 0 Å². The molecule has 0 aromatic heterocycles. The zero-order valence-corrected chi connectivity index (χ0v) is 8.32. The largest absolute Gasteiger partial charge is 0.164 e. The zero-order valence-electron chi connectivity index (χ0n) is 4.54. The van der Waals surface area contributed by atoms with Crippen LogP contribution in [0.15, 0.2) is 0 Å². The monoisotopic (exact) mass is 228 g/mol. The van der Waals surface area contributed by atoms with E-state index in [9.17, 15) is 0 Å². The standard InChI is InChI=1S/C4H5Cl5/c1-2(5)4(8,9)3(6)7/h2-3H,1H3. The lowest BCUT2D eigenvalue weighted by Crippen LogP contribution is -2.30. The van der Waals surface area contributed by atoms with Gasteiger partial charge < -0.3 is 0 Å². The second-order valence-corrected chi connectivity index (χ2v) is 4.79. The van der Waals surface area contributed by atoms with E-state index in [0.717, 1.165) is 0 Å². The summed E-state index contributed by atoms with van der Waals surface area (Å²) < 4.78 is -1.26. The lowest BCUT2D eigenvalue weighted by molar-refractivity contribution is 0.805. The molecule has 0 aromatic carbocycles. The quantitative estimate of drug-likeness (QED) is 0.636. The van der Waals surface area contributed by atoms with Crippen molar-refractivity contribution in [2.24, 2.45) is 0 Å². The summed E-state index contributed by atoms with van der Waals surface area (Å²) in [6.07, 6.45) is 0. The summed E-state index contributed by atoms with van der Waals surface area (Å²) in [5.41, 5.74) is 0. The predicted molar refractivity (Wildman–Crippen MR) is 45.2 cm³/mol. The Kier molecular flexibility index (Phi) is 4.33. The second kappa shape index (κ2) is 3.73. The van der Waals surface area contributed by atoms with Gasteiger partial charge in [-0.2, -0.15) is 0 Å². The van der Waals surface area contributed by atoms with Crippen molar-refractivity contribution in [2.75, 3.05) is 0 Å². The molecular formula is C4H5Cl5. The Bertz CT molecular complexity index is 77.0. The van der Waals surface area contributed by atoms with Crippen LogP contribution in [0.1, 0.15) is 6.92 Å². The first-order valence-corrected chi connectivity index (χ1v) is 4.25. The smallest absolute Gasteiger partial charge is 0.120 e. The van der Waals surface area contributed by atoms with Crippen LogP contribution in [0.3, 0.4) is 0 Å². The third kappa shape index (κ3) is 2.90. The van der Waals surface area contributed by atoms with Gasteiger partial charge in [0, 0.05) is 0 Å². The number of hydrogen-bond acceptors (Lipinski definition) is 0. The summed E-state index contributed by atoms with van der Waals surface area (Å²) in [4.78, 5) is -0.867. The van der Waals surface area contributed by atoms with Gasteiger partial charge in [0.25, 0.3) is 0 Å². The minimum Gasteiger partial charge on any atom is -0.120 e. The normalized spacial score (nSPS) is 16.3. The van der Waals surface area contributed by atoms with Crippen molar-refractivity contribution in [1.29, 1.82) is 0 Å². The van der Waals surface area contributed by atoms with Gasteiger partial charge in [0.2, 0.25) is 0 Å². The van der Waals surface area contributed by atoms with Crippen LogP contribution in [-0.4, -0.2) is 14.5 Å². The maximum Gasteiger partial charge on any atom is 0.164 e. The molecule has 5 heteroatoms. The van der Waals surface area contributed by atoms with Gasteiger partial charge in [0.05, 0.1) is 5.38 Å². The summed E-state index contributed by atoms with van der Waals surface area (Å²) in [6, 6.07) is 0. The van der Waals surface area contributed by atoms with Crippen molar-refractivity contribution in [2.45, 2.75) is 21.5 Å². The molecule has 0 rings (SSSR count). The van der Waals surface area contributed by atoms with Crippen LogP contribution in [0.2, 0.25) is 0 Å². The van der Waals surface area contributed by atoms with Crippen LogP contribution in [0.4, 0.5) is 0 Å². The molecule has 0 radical (unpaired) electrons. The first-order chi connectivity index (χ1) is 3.89. The minimum absolute atomic E-state index is 0.471. The van der Waals surface area contributed by atoms with E-state index in [1.807, 2.05) is 0 Å². The van der Waals surface area contributed by atoms with Gasteiger partial charge in [-0.1, -0.05) is 23.2 Å². The summed E-state index contributed by atoms with van der Waals surface area (Å²) in [5.74, 6) is 0. The van der Waals surface area contributed by atoms with Crippen molar-refractivity contribution in [3.8, 4) is 0 Å². The molecule has 0 aliphatic heterocycles. The van der Waals surface area contributed by atoms with Crippen LogP contribution < -0.4 is 0 Å². The number of halogens is 5. The third-order valence-corrected chi connectivity index (χ3v) is 3.62. The van der Waals surface area contributed by atoms with Gasteiger partial charge in [-0.15, -0.1) is 34.8 Å². The lowest BCUT2D eigenvalue weighted by atomic mass is 10.3. The maximum absolute atomic E-state index is 5.58. The van der Waals surface area contributed by atoms with Crippen LogP contribution in [-0.2, 0) is 0 Å². The van der Waals surface area contributed by atoms with Crippen molar-refractivity contribution in [1.82, 2.24) is 0 Å². The first kappa shape index (κ1) is 10.4. The first-order valence-electron chi connectivity index (χ1n) is 2.19. The van der Waals surface area contributed by atoms with Crippen molar-refractivity contribution < 1.29 is 0 Å². The Hall–Kier alpha value is 1.45. The number of alkyl halides is 5. The van der Waals surface area contributed by atoms with E-state index in [2.05, 4.69) is 0 Å². The maximum atomic E-state index is 5.58. The molecule has 0 aliphatic carbocycles. The van der Waals surface area contributed by atoms with E-state index in [1.54, 1.807) is 6.92 Å². The minimum atomic E-state index is -1.26. The average molecular weight is 230 g/mol. The van der Waals surface area contributed by atoms with E-state index >= 15 is 0 Å². The molecular weight excluding hydrogens is 225 g/mol. The molecule has 0 fully saturated rings. The summed E-state index contributed by atoms with van der Waals surface area (Å²) in [5, 5.41) is -0.471. The van der Waals surface area contributed by atoms with E-state index < -0.39 is 14.5 Å². The zero-order chi connectivity index (χ0) is 7.65. The summed E-state index contributed by atoms with van der Waals surface area (Å²) >= 11 is 27.4. The van der Waals surface area contributed by atoms with Crippen molar-refractivity contribution in [3.05, 3.63) is 0 Å². The van der Waals surface area contributed by atoms with E-state index in [0.29, 0.717) is 0 Å². The van der Waals surface area contributed by atoms with Crippen LogP contribution in [0.5, 0.6) is 0 Å². The van der Waals surface area contributed by atoms with Gasteiger partial charge in [0.15, 0.2) is 4.33 Å². The predicted octanol–water partition coefficient (Wildman–Crippen LogP) is 3.59. The molecule has 0 nitrogen and oxygen atoms in total. The Labute approximate surface area is 79.4 Å². The van der Waals surface area contributed by atoms with Gasteiger partial charge in [-0.25, -0.2) is 0 Å². The number of rotatable bonds is 2. The SMILES string of the molecule is CC(Cl)C(Cl)(Cl)C(Cl)Cl. The van der Waals surface area contributed by atoms with Gasteiger partial charge in [-0.05, 0) is 6.92 Å². The third-order valence-electron chi connectivity index (χ3n) is 0.821. The highest BCUT2D eigenvalue weighted by atomic mass is 35.5. The lowest BCUT2D eigenvalue weighted by Gasteiger charge is -2.22. The molecule has 0 N–H and O–H groups in total. The Morgan fingerprint density at radius 1 is 1.11 bits per heavy atom. The summed E-state index contributed by atoms with van der Waals surface area (Å²) in [6.45, 7) is 1.62. The van der Waals surface area contributed by atoms with Crippen LogP contribution in [0, 0.1) is 0 Å². The molecule has 0 aliphatic rings. The highest BCUT2D eigenvalue weighted by molar-refractivity contribution is 6.62. The Balaban J connectivity index is 4.01. The van der Waals surface area contributed by atoms with Gasteiger partial charge in [0.1, 0.15) is 4.84 Å². The summed E-state index contributed by atoms with van der Waals surface area (Å²) in [7, 11) is 0. The highest BCUT2D eigenvalue weighted by Gasteiger charge is 2.37. The highest BCUT2D eigenvalue weighted by Crippen LogP contribution is 2.37. The fourth-order valence-corrected chi connectivity index (χ4v) is 0.807. The van der Waals surface area contributed by atoms with Gasteiger partial charge in [-0.3, -0.25) is 0 Å². The average Bonchev–Trinajstić information content (AvgIpc) is 1.65. The molecule has 0 amide bonds. The molecule has 0 aromatic rings. The topological polar surface area (TPSA) is 0 Å². The van der Waals surface area contributed by atoms with Crippen molar-refractivity contribution in [3.63, 3.8) is 0 Å². The molecule has 0 bridgehead atoms. The fraction of sp³-hybridized carbons (Fsp3) is 1.00. The van der Waals surface area contributed by atoms with E-state index in [4.69, 9.17) is 58.0 Å². The second-order valence-electron chi connectivity index (χ2n) is 1.59. The molecule has 0 spiro atoms. The number of hydrogen-bond donors (Lipinski definition) is 0. The molecule has 1 atom stereocenters. The van der Waals surface area contributed by atoms with E-state index in [1.165, 1.54) is 0 Å². The van der Waals surface area contributed by atoms with Crippen LogP contribution in [0.25, 0.3) is 0 Å². The Morgan fingerprint density at radius 3 is 1.44 bits per heavy atom. The molecule has 0 saturated carbocycles. The van der Waals surface area contributed by atoms with Crippen LogP contribution >= 0.6 is 58.0 Å². The molecule has 9 heavy (non-hydrogen) atoms. The molecule has 0 saturated heterocycles. The molecule has 0 heterocycles. The Morgan fingerprint density at radius 2 is 1.44 bits per heavy atom. The fourth-order valence-electron chi connectivity index (χ4n) is 0.174. The molecule has 56 valence electrons. The molecule has 1 unspecified atom stereocenters.